The van der Waals surface area contributed by atoms with Gasteiger partial charge in [-0.05, 0) is 55.6 Å². The van der Waals surface area contributed by atoms with Crippen LogP contribution in [-0.4, -0.2) is 7.11 Å². The van der Waals surface area contributed by atoms with Gasteiger partial charge in [-0.3, -0.25) is 0 Å². The first-order valence-electron chi connectivity index (χ1n) is 4.95. The van der Waals surface area contributed by atoms with Crippen LogP contribution in [0.3, 0.4) is 0 Å². The van der Waals surface area contributed by atoms with Crippen LogP contribution in [0.25, 0.3) is 0 Å². The van der Waals surface area contributed by atoms with Crippen molar-refractivity contribution in [1.29, 1.82) is 0 Å². The summed E-state index contributed by atoms with van der Waals surface area (Å²) in [7, 11) is 1.43. The highest BCUT2D eigenvalue weighted by atomic mass is 79.9. The monoisotopic (exact) mass is 412 g/mol. The molecule has 0 spiro atoms. The lowest BCUT2D eigenvalue weighted by atomic mass is 10.1. The third-order valence-corrected chi connectivity index (χ3v) is 5.30. The zero-order valence-electron chi connectivity index (χ0n) is 9.22. The quantitative estimate of drug-likeness (QED) is 0.581. The fourth-order valence-corrected chi connectivity index (χ4v) is 4.95. The molecule has 6 heteroatoms. The minimum atomic E-state index is -0.411. The molecule has 18 heavy (non-hydrogen) atoms. The van der Waals surface area contributed by atoms with Crippen molar-refractivity contribution in [3.05, 3.63) is 48.8 Å². The highest BCUT2D eigenvalue weighted by molar-refractivity contribution is 9.12. The number of hydrogen-bond acceptors (Lipinski definition) is 2. The summed E-state index contributed by atoms with van der Waals surface area (Å²) in [6.07, 6.45) is 0. The molecule has 0 saturated carbocycles. The molecule has 0 saturated heterocycles. The molecule has 1 heterocycles. The van der Waals surface area contributed by atoms with Crippen molar-refractivity contribution >= 4 is 54.8 Å². The maximum atomic E-state index is 13.6. The van der Waals surface area contributed by atoms with E-state index in [0.29, 0.717) is 5.56 Å². The molecule has 0 aliphatic heterocycles. The number of alkyl halides is 1. The number of ether oxygens (including phenoxy) is 1. The van der Waals surface area contributed by atoms with E-state index in [0.717, 1.165) is 13.1 Å². The summed E-state index contributed by atoms with van der Waals surface area (Å²) in [5.74, 6) is -0.195. The van der Waals surface area contributed by atoms with Crippen molar-refractivity contribution in [1.82, 2.24) is 0 Å². The molecule has 0 radical (unpaired) electrons. The van der Waals surface area contributed by atoms with Crippen LogP contribution in [0.5, 0.6) is 5.75 Å². The number of methoxy groups -OCH3 is 1. The maximum Gasteiger partial charge on any atom is 0.165 e. The Balaban J connectivity index is 2.37. The third kappa shape index (κ3) is 2.90. The van der Waals surface area contributed by atoms with Crippen LogP contribution in [0, 0.1) is 5.82 Å². The number of halogens is 4. The molecule has 0 fully saturated rings. The van der Waals surface area contributed by atoms with Gasteiger partial charge >= 0.3 is 0 Å². The first-order chi connectivity index (χ1) is 8.52. The first-order valence-corrected chi connectivity index (χ1v) is 7.79. The second-order valence-electron chi connectivity index (χ2n) is 3.54. The number of hydrogen-bond donors (Lipinski definition) is 0. The molecule has 2 rings (SSSR count). The first kappa shape index (κ1) is 14.3. The van der Waals surface area contributed by atoms with Crippen LogP contribution in [0.4, 0.5) is 4.39 Å². The molecule has 1 aromatic heterocycles. The number of thiophene rings is 1. The SMILES string of the molecule is COc1ccc(C(Cl)c2cc(Br)sc2Br)cc1F. The molecule has 1 aromatic carbocycles. The van der Waals surface area contributed by atoms with Gasteiger partial charge in [0.15, 0.2) is 11.6 Å². The predicted molar refractivity (Wildman–Crippen MR) is 80.4 cm³/mol. The highest BCUT2D eigenvalue weighted by Gasteiger charge is 2.18. The number of benzene rings is 1. The zero-order valence-corrected chi connectivity index (χ0v) is 14.0. The van der Waals surface area contributed by atoms with Crippen molar-refractivity contribution in [2.24, 2.45) is 0 Å². The molecule has 1 atom stereocenters. The summed E-state index contributed by atoms with van der Waals surface area (Å²) in [6, 6.07) is 6.66. The summed E-state index contributed by atoms with van der Waals surface area (Å²) < 4.78 is 20.4. The fourth-order valence-electron chi connectivity index (χ4n) is 1.55. The van der Waals surface area contributed by atoms with E-state index in [9.17, 15) is 4.39 Å². The summed E-state index contributed by atoms with van der Waals surface area (Å²) in [6.45, 7) is 0. The number of rotatable bonds is 3. The molecule has 1 nitrogen and oxygen atoms in total. The summed E-state index contributed by atoms with van der Waals surface area (Å²) in [5, 5.41) is -0.401. The highest BCUT2D eigenvalue weighted by Crippen LogP contribution is 2.41. The van der Waals surface area contributed by atoms with E-state index >= 15 is 0 Å². The second-order valence-corrected chi connectivity index (χ2v) is 7.72. The van der Waals surface area contributed by atoms with Crippen LogP contribution in [-0.2, 0) is 0 Å². The van der Waals surface area contributed by atoms with E-state index in [2.05, 4.69) is 31.9 Å². The molecular formula is C12H8Br2ClFOS. The smallest absolute Gasteiger partial charge is 0.165 e. The van der Waals surface area contributed by atoms with Gasteiger partial charge in [-0.15, -0.1) is 22.9 Å². The summed E-state index contributed by atoms with van der Waals surface area (Å²) >= 11 is 14.7. The molecule has 0 N–H and O–H groups in total. The van der Waals surface area contributed by atoms with Gasteiger partial charge in [0, 0.05) is 5.56 Å². The molecule has 0 bridgehead atoms. The average Bonchev–Trinajstić information content (AvgIpc) is 2.67. The van der Waals surface area contributed by atoms with Crippen molar-refractivity contribution < 1.29 is 9.13 Å². The van der Waals surface area contributed by atoms with Gasteiger partial charge in [-0.25, -0.2) is 4.39 Å². The molecule has 0 amide bonds. The Hall–Kier alpha value is -0.100. The fraction of sp³-hybridized carbons (Fsp3) is 0.167. The van der Waals surface area contributed by atoms with Gasteiger partial charge in [0.05, 0.1) is 20.1 Å². The van der Waals surface area contributed by atoms with Gasteiger partial charge in [-0.1, -0.05) is 6.07 Å². The van der Waals surface area contributed by atoms with Crippen LogP contribution in [0.15, 0.2) is 31.8 Å². The lowest BCUT2D eigenvalue weighted by molar-refractivity contribution is 0.386. The summed E-state index contributed by atoms with van der Waals surface area (Å²) in [4.78, 5) is 0. The minimum absolute atomic E-state index is 0.216. The van der Waals surface area contributed by atoms with E-state index in [1.54, 1.807) is 12.1 Å². The third-order valence-electron chi connectivity index (χ3n) is 2.42. The van der Waals surface area contributed by atoms with E-state index in [4.69, 9.17) is 16.3 Å². The Morgan fingerprint density at radius 3 is 2.56 bits per heavy atom. The van der Waals surface area contributed by atoms with Crippen molar-refractivity contribution in [2.75, 3.05) is 7.11 Å². The van der Waals surface area contributed by atoms with Gasteiger partial charge in [0.25, 0.3) is 0 Å². The van der Waals surface area contributed by atoms with Gasteiger partial charge in [-0.2, -0.15) is 0 Å². The normalized spacial score (nSPS) is 12.5. The Labute approximate surface area is 130 Å². The lowest BCUT2D eigenvalue weighted by Crippen LogP contribution is -1.95. The van der Waals surface area contributed by atoms with E-state index in [1.165, 1.54) is 24.5 Å². The largest absolute Gasteiger partial charge is 0.494 e. The van der Waals surface area contributed by atoms with Gasteiger partial charge in [0.2, 0.25) is 0 Å². The summed E-state index contributed by atoms with van der Waals surface area (Å²) in [5.41, 5.74) is 1.61. The average molecular weight is 415 g/mol. The van der Waals surface area contributed by atoms with Gasteiger partial charge < -0.3 is 4.74 Å². The molecule has 1 unspecified atom stereocenters. The van der Waals surface area contributed by atoms with Crippen LogP contribution in [0.1, 0.15) is 16.5 Å². The van der Waals surface area contributed by atoms with E-state index < -0.39 is 11.2 Å². The maximum absolute atomic E-state index is 13.6. The van der Waals surface area contributed by atoms with E-state index in [-0.39, 0.29) is 5.75 Å². The van der Waals surface area contributed by atoms with Crippen molar-refractivity contribution in [3.63, 3.8) is 0 Å². The van der Waals surface area contributed by atoms with Crippen LogP contribution >= 0.6 is 54.8 Å². The Bertz CT molecular complexity index is 573. The Kier molecular flexibility index (Phi) is 4.69. The Morgan fingerprint density at radius 2 is 2.06 bits per heavy atom. The van der Waals surface area contributed by atoms with E-state index in [1.807, 2.05) is 6.07 Å². The zero-order chi connectivity index (χ0) is 13.3. The molecule has 96 valence electrons. The van der Waals surface area contributed by atoms with Crippen LogP contribution in [0.2, 0.25) is 0 Å². The van der Waals surface area contributed by atoms with Crippen molar-refractivity contribution in [3.8, 4) is 5.75 Å². The molecule has 0 aliphatic carbocycles. The topological polar surface area (TPSA) is 9.23 Å². The molecule has 2 aromatic rings. The standard InChI is InChI=1S/C12H8Br2ClFOS/c1-17-9-3-2-6(4-8(9)16)11(15)7-5-10(13)18-12(7)14/h2-5,11H,1H3. The molecular weight excluding hydrogens is 406 g/mol. The predicted octanol–water partition coefficient (Wildman–Crippen LogP) is 5.75. The Morgan fingerprint density at radius 1 is 1.33 bits per heavy atom. The second kappa shape index (κ2) is 5.90. The van der Waals surface area contributed by atoms with Gasteiger partial charge in [0.1, 0.15) is 0 Å². The van der Waals surface area contributed by atoms with Crippen LogP contribution < -0.4 is 4.74 Å². The van der Waals surface area contributed by atoms with Crippen molar-refractivity contribution in [2.45, 2.75) is 5.38 Å². The lowest BCUT2D eigenvalue weighted by Gasteiger charge is -2.10. The molecule has 0 aliphatic rings. The minimum Gasteiger partial charge on any atom is -0.494 e.